The lowest BCUT2D eigenvalue weighted by Gasteiger charge is -2.48. The Hall–Kier alpha value is -7.71. The predicted molar refractivity (Wildman–Crippen MR) is 370 cm³/mol. The number of hydrogen-bond donors (Lipinski definition) is 7. The minimum atomic E-state index is -1.01. The summed E-state index contributed by atoms with van der Waals surface area (Å²) in [6, 6.07) is 18.2. The molecule has 6 saturated heterocycles. The van der Waals surface area contributed by atoms with Gasteiger partial charge in [-0.2, -0.15) is 0 Å². The largest absolute Gasteiger partial charge is 0.391 e. The Morgan fingerprint density at radius 1 is 0.773 bits per heavy atom. The van der Waals surface area contributed by atoms with E-state index < -0.39 is 52.6 Å². The molecule has 0 aliphatic carbocycles. The van der Waals surface area contributed by atoms with Gasteiger partial charge in [-0.25, -0.2) is 23.7 Å². The van der Waals surface area contributed by atoms with E-state index in [1.807, 2.05) is 88.7 Å². The van der Waals surface area contributed by atoms with Crippen LogP contribution in [0.15, 0.2) is 78.6 Å². The lowest BCUT2D eigenvalue weighted by Crippen LogP contribution is -2.66. The average Bonchev–Trinajstić information content (AvgIpc) is 1.47. The lowest BCUT2D eigenvalue weighted by atomic mass is 9.82. The molecule has 97 heavy (non-hydrogen) atoms. The number of nitrogens with zero attached hydrogens (tertiary/aromatic N) is 9. The number of aliphatic hydroxyl groups excluding tert-OH is 1. The Kier molecular flexibility index (Phi) is 22.3. The first-order valence-corrected chi connectivity index (χ1v) is 35.4. The smallest absolute Gasteiger partial charge is 0.246 e. The van der Waals surface area contributed by atoms with Crippen molar-refractivity contribution in [3.05, 3.63) is 118 Å². The first-order chi connectivity index (χ1) is 46.3. The third-order valence-electron chi connectivity index (χ3n) is 20.6. The molecule has 0 saturated carbocycles. The SMILES string of the molecule is Cc1ncsc1-c1ccc([C@H](C)NC(=O)[C@@H]2C[C@@H](O)CN2C(=O)[C@@H](NC(=O)CCC(=O)NCCCN2C[C@@H]3CN(CC(=O)NCc4cccc(CNc5cc(N6CCC7(CC6)CN(c6cc(F)c(CN8CCC(C)(C)CC8)cc6F)CC(=O)N7)ncn5)c4)C[C@@H]3C2)C(C)(C)C)cc1. The fourth-order valence-electron chi connectivity index (χ4n) is 14.8. The summed E-state index contributed by atoms with van der Waals surface area (Å²) in [5, 5.41) is 29.3. The van der Waals surface area contributed by atoms with E-state index in [0.29, 0.717) is 88.4 Å². The van der Waals surface area contributed by atoms with Crippen molar-refractivity contribution >= 4 is 64.1 Å². The van der Waals surface area contributed by atoms with Crippen LogP contribution in [0.2, 0.25) is 0 Å². The van der Waals surface area contributed by atoms with E-state index in [2.05, 4.69) is 86.4 Å². The van der Waals surface area contributed by atoms with Crippen LogP contribution in [-0.2, 0) is 48.4 Å². The number of carbonyl (C=O) groups is 6. The number of piperazine rings is 1. The van der Waals surface area contributed by atoms with E-state index in [-0.39, 0.29) is 73.1 Å². The number of halogens is 2. The third kappa shape index (κ3) is 18.2. The van der Waals surface area contributed by atoms with Gasteiger partial charge in [-0.3, -0.25) is 38.6 Å². The highest BCUT2D eigenvalue weighted by Crippen LogP contribution is 2.37. The second-order valence-electron chi connectivity index (χ2n) is 29.8. The Balaban J connectivity index is 0.550. The van der Waals surface area contributed by atoms with E-state index in [9.17, 15) is 33.9 Å². The fourth-order valence-corrected chi connectivity index (χ4v) is 15.6. The van der Waals surface area contributed by atoms with Crippen LogP contribution < -0.4 is 41.7 Å². The maximum atomic E-state index is 15.8. The summed E-state index contributed by atoms with van der Waals surface area (Å²) in [6.07, 6.45) is 4.49. The number of aliphatic hydroxyl groups is 1. The van der Waals surface area contributed by atoms with Gasteiger partial charge in [0, 0.05) is 115 Å². The van der Waals surface area contributed by atoms with E-state index >= 15 is 8.78 Å². The number of hydrogen-bond acceptors (Lipinski definition) is 17. The molecule has 22 nitrogen and oxygen atoms in total. The molecular weight excluding hydrogens is 1260 g/mol. The molecule has 25 heteroatoms. The zero-order valence-electron chi connectivity index (χ0n) is 57.2. The number of benzene rings is 3. The number of amides is 6. The number of aromatic nitrogens is 3. The van der Waals surface area contributed by atoms with Gasteiger partial charge in [0.05, 0.1) is 52.5 Å². The molecule has 6 atom stereocenters. The van der Waals surface area contributed by atoms with Crippen LogP contribution in [0.25, 0.3) is 10.4 Å². The van der Waals surface area contributed by atoms with Crippen LogP contribution in [0.3, 0.4) is 0 Å². The van der Waals surface area contributed by atoms with Gasteiger partial charge in [0.15, 0.2) is 0 Å². The molecule has 3 aromatic carbocycles. The minimum Gasteiger partial charge on any atom is -0.391 e. The number of anilines is 3. The van der Waals surface area contributed by atoms with Gasteiger partial charge in [-0.05, 0) is 117 Å². The van der Waals surface area contributed by atoms with Gasteiger partial charge in [-0.1, -0.05) is 83.1 Å². The molecule has 0 bridgehead atoms. The van der Waals surface area contributed by atoms with Gasteiger partial charge in [0.25, 0.3) is 0 Å². The summed E-state index contributed by atoms with van der Waals surface area (Å²) in [4.78, 5) is 107. The van der Waals surface area contributed by atoms with E-state index in [4.69, 9.17) is 0 Å². The van der Waals surface area contributed by atoms with Crippen LogP contribution in [0.5, 0.6) is 0 Å². The van der Waals surface area contributed by atoms with Gasteiger partial charge in [-0.15, -0.1) is 11.3 Å². The van der Waals surface area contributed by atoms with Gasteiger partial charge < -0.3 is 56.6 Å². The summed E-state index contributed by atoms with van der Waals surface area (Å²) in [5.74, 6) is -0.457. The van der Waals surface area contributed by atoms with Gasteiger partial charge in [0.2, 0.25) is 35.4 Å². The number of piperidine rings is 2. The Morgan fingerprint density at radius 2 is 1.47 bits per heavy atom. The first kappa shape index (κ1) is 70.6. The number of carbonyl (C=O) groups excluding carboxylic acids is 6. The molecule has 6 amide bonds. The topological polar surface area (TPSA) is 253 Å². The minimum absolute atomic E-state index is 0.0250. The highest BCUT2D eigenvalue weighted by molar-refractivity contribution is 7.13. The Morgan fingerprint density at radius 3 is 2.18 bits per heavy atom. The molecular formula is C72H97F2N15O7S. The maximum absolute atomic E-state index is 15.8. The molecule has 0 unspecified atom stereocenters. The van der Waals surface area contributed by atoms with Crippen molar-refractivity contribution in [3.8, 4) is 10.4 Å². The molecule has 11 rings (SSSR count). The van der Waals surface area contributed by atoms with Crippen molar-refractivity contribution in [1.29, 1.82) is 0 Å². The van der Waals surface area contributed by atoms with Crippen molar-refractivity contribution in [2.75, 3.05) is 107 Å². The van der Waals surface area contributed by atoms with Crippen LogP contribution in [0.4, 0.5) is 26.1 Å². The first-order valence-electron chi connectivity index (χ1n) is 34.5. The number of nitrogens with one attached hydrogen (secondary N) is 6. The zero-order chi connectivity index (χ0) is 68.8. The van der Waals surface area contributed by atoms with Crippen molar-refractivity contribution in [3.63, 3.8) is 0 Å². The molecule has 1 spiro atoms. The van der Waals surface area contributed by atoms with Crippen LogP contribution in [-0.4, -0.2) is 190 Å². The van der Waals surface area contributed by atoms with Crippen molar-refractivity contribution in [1.82, 2.24) is 61.1 Å². The average molecular weight is 1350 g/mol. The third-order valence-corrected chi connectivity index (χ3v) is 21.5. The second kappa shape index (κ2) is 30.6. The molecule has 5 aromatic rings. The Labute approximate surface area is 572 Å². The van der Waals surface area contributed by atoms with Crippen molar-refractivity contribution in [2.45, 2.75) is 149 Å². The maximum Gasteiger partial charge on any atom is 0.246 e. The summed E-state index contributed by atoms with van der Waals surface area (Å²) < 4.78 is 31.4. The summed E-state index contributed by atoms with van der Waals surface area (Å²) in [7, 11) is 0. The highest BCUT2D eigenvalue weighted by Gasteiger charge is 2.46. The molecule has 0 radical (unpaired) electrons. The Bertz CT molecular complexity index is 3610. The molecule has 522 valence electrons. The number of aryl methyl sites for hydroxylation is 1. The molecule has 6 fully saturated rings. The molecule has 7 N–H and O–H groups in total. The van der Waals surface area contributed by atoms with Crippen LogP contribution >= 0.6 is 11.3 Å². The summed E-state index contributed by atoms with van der Waals surface area (Å²) >= 11 is 1.57. The van der Waals surface area contributed by atoms with E-state index in [0.717, 1.165) is 104 Å². The second-order valence-corrected chi connectivity index (χ2v) is 30.6. The van der Waals surface area contributed by atoms with Gasteiger partial charge >= 0.3 is 0 Å². The zero-order valence-corrected chi connectivity index (χ0v) is 58.0. The van der Waals surface area contributed by atoms with Crippen molar-refractivity contribution < 1.29 is 42.7 Å². The molecule has 6 aliphatic rings. The number of rotatable bonds is 24. The van der Waals surface area contributed by atoms with E-state index in [1.54, 1.807) is 16.2 Å². The van der Waals surface area contributed by atoms with Crippen LogP contribution in [0.1, 0.15) is 127 Å². The number of thiazole rings is 1. The fraction of sp³-hybridized carbons (Fsp3) is 0.569. The molecule has 6 aliphatic heterocycles. The van der Waals surface area contributed by atoms with Gasteiger partial charge in [0.1, 0.15) is 41.7 Å². The lowest BCUT2D eigenvalue weighted by molar-refractivity contribution is -0.144. The summed E-state index contributed by atoms with van der Waals surface area (Å²) in [6.45, 7) is 23.4. The van der Waals surface area contributed by atoms with E-state index in [1.165, 1.54) is 23.4 Å². The number of likely N-dealkylation sites (tertiary alicyclic amines) is 4. The summed E-state index contributed by atoms with van der Waals surface area (Å²) in [5.41, 5.74) is 6.05. The molecule has 8 heterocycles. The number of fused-ring (bicyclic) bond motifs is 1. The molecule has 2 aromatic heterocycles. The normalized spacial score (nSPS) is 21.8. The van der Waals surface area contributed by atoms with Crippen molar-refractivity contribution in [2.24, 2.45) is 22.7 Å². The number of β-amino-alcohol motifs (C(OH)–C–C–N with tert-alkyl or cyclic N) is 1. The standard InChI is InChI=1S/C72H97F2N15O7S/c1-46(50-12-14-51(15-13-50)66-47(2)80-45-97-66)81-68(95)59-30-55(90)40-89(59)69(96)67(70(3,4)5)82-63(92)17-16-62(91)75-22-9-23-85-36-53-38-86(39-54(53)37-85)41-64(93)77-34-49-11-8-10-48(28-49)33-76-60-32-61(79-44-78-60)87-26-20-72(21-27-87)43-88(42-65(94)83-72)58-31-56(73)52(29-57(58)74)35-84-24-18-71(6,7)19-25-84/h8,10-15,28-29,31-32,44-46,53-55,59,67,90H,9,16-27,30,33-43H2,1-7H3,(H,75,91)(H,77,93)(H,81,95)(H,82,92)(H,83,94)(H,76,78,79)/t46-,53-,54+,55+,59-,67+/m0/s1. The quantitative estimate of drug-likeness (QED) is 0.0324. The monoisotopic (exact) mass is 1350 g/mol. The highest BCUT2D eigenvalue weighted by atomic mass is 32.1. The van der Waals surface area contributed by atoms with Crippen LogP contribution in [0, 0.1) is 41.2 Å². The predicted octanol–water partition coefficient (Wildman–Crippen LogP) is 6.53.